The van der Waals surface area contributed by atoms with Crippen LogP contribution in [0.1, 0.15) is 37.9 Å². The molecule has 0 aliphatic rings. The maximum absolute atomic E-state index is 9.93. The maximum atomic E-state index is 9.93. The Balaban J connectivity index is 2.36. The van der Waals surface area contributed by atoms with Crippen molar-refractivity contribution in [2.24, 2.45) is 0 Å². The Hall–Kier alpha value is -0.280. The molecule has 0 heterocycles. The van der Waals surface area contributed by atoms with Crippen molar-refractivity contribution in [3.63, 3.8) is 0 Å². The molecule has 0 fully saturated rings. The summed E-state index contributed by atoms with van der Waals surface area (Å²) in [7, 11) is 0. The quantitative estimate of drug-likeness (QED) is 0.742. The molecule has 0 radical (unpaired) electrons. The van der Waals surface area contributed by atoms with E-state index in [4.69, 9.17) is 23.2 Å². The Morgan fingerprint density at radius 2 is 2.00 bits per heavy atom. The molecule has 0 aliphatic carbocycles. The molecule has 0 saturated carbocycles. The van der Waals surface area contributed by atoms with Crippen LogP contribution in [-0.2, 0) is 0 Å². The van der Waals surface area contributed by atoms with Gasteiger partial charge in [-0.15, -0.1) is 0 Å². The van der Waals surface area contributed by atoms with Crippen molar-refractivity contribution in [3.8, 4) is 0 Å². The first-order chi connectivity index (χ1) is 8.15. The van der Waals surface area contributed by atoms with Crippen LogP contribution in [0.15, 0.2) is 18.2 Å². The fourth-order valence-corrected chi connectivity index (χ4v) is 1.88. The number of nitrogens with one attached hydrogen (secondary N) is 1. The lowest BCUT2D eigenvalue weighted by Gasteiger charge is -2.12. The highest BCUT2D eigenvalue weighted by molar-refractivity contribution is 6.42. The van der Waals surface area contributed by atoms with Gasteiger partial charge < -0.3 is 10.4 Å². The third-order valence-corrected chi connectivity index (χ3v) is 3.36. The molecule has 2 N–H and O–H groups in total. The van der Waals surface area contributed by atoms with Crippen molar-refractivity contribution < 1.29 is 5.11 Å². The summed E-state index contributed by atoms with van der Waals surface area (Å²) in [5.41, 5.74) is 0.794. The number of aliphatic hydroxyl groups excluding tert-OH is 1. The van der Waals surface area contributed by atoms with Gasteiger partial charge in [0, 0.05) is 6.54 Å². The van der Waals surface area contributed by atoms with Crippen molar-refractivity contribution in [2.75, 3.05) is 13.1 Å². The highest BCUT2D eigenvalue weighted by Gasteiger charge is 2.08. The minimum atomic E-state index is -0.536. The van der Waals surface area contributed by atoms with Gasteiger partial charge in [-0.25, -0.2) is 0 Å². The predicted octanol–water partition coefficient (Wildman–Crippen LogP) is 3.81. The molecule has 17 heavy (non-hydrogen) atoms. The van der Waals surface area contributed by atoms with Gasteiger partial charge >= 0.3 is 0 Å². The summed E-state index contributed by atoms with van der Waals surface area (Å²) >= 11 is 11.7. The molecule has 1 aromatic rings. The molecule has 0 amide bonds. The highest BCUT2D eigenvalue weighted by atomic mass is 35.5. The van der Waals surface area contributed by atoms with Crippen LogP contribution >= 0.6 is 23.2 Å². The molecular weight excluding hydrogens is 257 g/mol. The monoisotopic (exact) mass is 275 g/mol. The maximum Gasteiger partial charge on any atom is 0.0914 e. The molecule has 1 rings (SSSR count). The molecule has 0 bridgehead atoms. The summed E-state index contributed by atoms with van der Waals surface area (Å²) in [6.45, 7) is 3.65. The Labute approximate surface area is 113 Å². The third-order valence-electron chi connectivity index (χ3n) is 2.62. The minimum absolute atomic E-state index is 0.481. The lowest BCUT2D eigenvalue weighted by molar-refractivity contribution is 0.174. The molecule has 4 heteroatoms. The van der Waals surface area contributed by atoms with Crippen LogP contribution in [0.3, 0.4) is 0 Å². The van der Waals surface area contributed by atoms with E-state index in [-0.39, 0.29) is 0 Å². The molecule has 0 saturated heterocycles. The number of halogens is 2. The van der Waals surface area contributed by atoms with Gasteiger partial charge in [-0.3, -0.25) is 0 Å². The van der Waals surface area contributed by atoms with Crippen LogP contribution in [0.25, 0.3) is 0 Å². The van der Waals surface area contributed by atoms with E-state index in [2.05, 4.69) is 12.2 Å². The topological polar surface area (TPSA) is 32.3 Å². The normalized spacial score (nSPS) is 12.7. The second-order valence-corrected chi connectivity index (χ2v) is 4.91. The van der Waals surface area contributed by atoms with Crippen LogP contribution in [-0.4, -0.2) is 18.2 Å². The number of rotatable bonds is 7. The van der Waals surface area contributed by atoms with Gasteiger partial charge in [-0.05, 0) is 30.7 Å². The molecule has 0 aromatic heterocycles. The summed E-state index contributed by atoms with van der Waals surface area (Å²) in [5.74, 6) is 0. The van der Waals surface area contributed by atoms with Gasteiger partial charge in [0.1, 0.15) is 0 Å². The predicted molar refractivity (Wildman–Crippen MR) is 73.8 cm³/mol. The van der Waals surface area contributed by atoms with Crippen LogP contribution in [0.5, 0.6) is 0 Å². The Morgan fingerprint density at radius 1 is 1.24 bits per heavy atom. The van der Waals surface area contributed by atoms with E-state index in [0.717, 1.165) is 18.5 Å². The third kappa shape index (κ3) is 5.26. The van der Waals surface area contributed by atoms with Gasteiger partial charge in [0.2, 0.25) is 0 Å². The first-order valence-corrected chi connectivity index (χ1v) is 6.74. The fourth-order valence-electron chi connectivity index (χ4n) is 1.58. The Morgan fingerprint density at radius 3 is 2.65 bits per heavy atom. The van der Waals surface area contributed by atoms with E-state index in [1.807, 2.05) is 0 Å². The summed E-state index contributed by atoms with van der Waals surface area (Å²) in [5, 5.41) is 14.1. The van der Waals surface area contributed by atoms with Crippen LogP contribution < -0.4 is 5.32 Å². The average molecular weight is 276 g/mol. The molecule has 0 aliphatic heterocycles. The number of unbranched alkanes of at least 4 members (excludes halogenated alkanes) is 2. The zero-order chi connectivity index (χ0) is 12.7. The molecule has 0 spiro atoms. The van der Waals surface area contributed by atoms with Gasteiger partial charge in [-0.1, -0.05) is 49.0 Å². The van der Waals surface area contributed by atoms with E-state index in [0.29, 0.717) is 16.6 Å². The van der Waals surface area contributed by atoms with Crippen LogP contribution in [0.4, 0.5) is 0 Å². The van der Waals surface area contributed by atoms with E-state index < -0.39 is 6.10 Å². The lowest BCUT2D eigenvalue weighted by atomic mass is 10.1. The second kappa shape index (κ2) is 7.93. The molecule has 1 aromatic carbocycles. The summed E-state index contributed by atoms with van der Waals surface area (Å²) < 4.78 is 0. The number of hydrogen-bond acceptors (Lipinski definition) is 2. The van der Waals surface area contributed by atoms with Gasteiger partial charge in [0.15, 0.2) is 0 Å². The largest absolute Gasteiger partial charge is 0.387 e. The van der Waals surface area contributed by atoms with Gasteiger partial charge in [0.25, 0.3) is 0 Å². The summed E-state index contributed by atoms with van der Waals surface area (Å²) in [6, 6.07) is 5.22. The number of benzene rings is 1. The molecule has 1 unspecified atom stereocenters. The van der Waals surface area contributed by atoms with E-state index in [1.165, 1.54) is 12.8 Å². The highest BCUT2D eigenvalue weighted by Crippen LogP contribution is 2.25. The molecular formula is C13H19Cl2NO. The van der Waals surface area contributed by atoms with E-state index >= 15 is 0 Å². The summed E-state index contributed by atoms with van der Waals surface area (Å²) in [6.07, 6.45) is 3.03. The van der Waals surface area contributed by atoms with Crippen molar-refractivity contribution in [1.82, 2.24) is 5.32 Å². The fraction of sp³-hybridized carbons (Fsp3) is 0.538. The summed E-state index contributed by atoms with van der Waals surface area (Å²) in [4.78, 5) is 0. The van der Waals surface area contributed by atoms with Crippen molar-refractivity contribution in [2.45, 2.75) is 32.3 Å². The standard InChI is InChI=1S/C13H19Cl2NO/c1-2-3-4-7-16-9-13(17)10-5-6-11(14)12(15)8-10/h5-6,8,13,16-17H,2-4,7,9H2,1H3. The molecule has 96 valence electrons. The van der Waals surface area contributed by atoms with Crippen molar-refractivity contribution in [1.29, 1.82) is 0 Å². The minimum Gasteiger partial charge on any atom is -0.387 e. The van der Waals surface area contributed by atoms with Gasteiger partial charge in [-0.2, -0.15) is 0 Å². The van der Waals surface area contributed by atoms with E-state index in [1.54, 1.807) is 18.2 Å². The zero-order valence-corrected chi connectivity index (χ0v) is 11.6. The van der Waals surface area contributed by atoms with Crippen LogP contribution in [0.2, 0.25) is 10.0 Å². The average Bonchev–Trinajstić information content (AvgIpc) is 2.32. The van der Waals surface area contributed by atoms with Crippen molar-refractivity contribution in [3.05, 3.63) is 33.8 Å². The van der Waals surface area contributed by atoms with Crippen molar-refractivity contribution >= 4 is 23.2 Å². The zero-order valence-electron chi connectivity index (χ0n) is 10.0. The molecule has 1 atom stereocenters. The Bertz CT molecular complexity index is 344. The second-order valence-electron chi connectivity index (χ2n) is 4.10. The Kier molecular flexibility index (Phi) is 6.90. The van der Waals surface area contributed by atoms with Crippen LogP contribution in [0, 0.1) is 0 Å². The molecule has 2 nitrogen and oxygen atoms in total. The number of hydrogen-bond donors (Lipinski definition) is 2. The SMILES string of the molecule is CCCCCNCC(O)c1ccc(Cl)c(Cl)c1. The first kappa shape index (κ1) is 14.8. The number of aliphatic hydroxyl groups is 1. The van der Waals surface area contributed by atoms with Gasteiger partial charge in [0.05, 0.1) is 16.1 Å². The lowest BCUT2D eigenvalue weighted by Crippen LogP contribution is -2.22. The first-order valence-electron chi connectivity index (χ1n) is 5.99. The smallest absolute Gasteiger partial charge is 0.0914 e. The van der Waals surface area contributed by atoms with E-state index in [9.17, 15) is 5.11 Å².